The highest BCUT2D eigenvalue weighted by molar-refractivity contribution is 5.77. The van der Waals surface area contributed by atoms with E-state index in [4.69, 9.17) is 4.74 Å². The van der Waals surface area contributed by atoms with E-state index in [0.29, 0.717) is 12.2 Å². The van der Waals surface area contributed by atoms with Crippen molar-refractivity contribution in [2.75, 3.05) is 7.11 Å². The largest absolute Gasteiger partial charge is 0.469 e. The van der Waals surface area contributed by atoms with Gasteiger partial charge >= 0.3 is 5.97 Å². The van der Waals surface area contributed by atoms with Crippen molar-refractivity contribution in [3.8, 4) is 0 Å². The number of ether oxygens (including phenoxy) is 1. The monoisotopic (exact) mass is 328 g/mol. The number of carbonyl (C=O) groups is 2. The number of imidazole rings is 1. The lowest BCUT2D eigenvalue weighted by Crippen LogP contribution is -2.11. The molecule has 0 spiro atoms. The van der Waals surface area contributed by atoms with Gasteiger partial charge in [-0.3, -0.25) is 9.59 Å². The fraction of sp³-hybridized carbons (Fsp3) is 0.421. The molecule has 5 heteroatoms. The highest BCUT2D eigenvalue weighted by Gasteiger charge is 2.15. The SMILES string of the molecule is CCCCc1ncc(C=O)n1Cc1ccc(C(C)C(=O)OC)cc1. The summed E-state index contributed by atoms with van der Waals surface area (Å²) in [5.74, 6) is 0.399. The van der Waals surface area contributed by atoms with E-state index in [-0.39, 0.29) is 11.9 Å². The maximum atomic E-state index is 11.6. The Kier molecular flexibility index (Phi) is 6.29. The van der Waals surface area contributed by atoms with Gasteiger partial charge < -0.3 is 9.30 Å². The second-order valence-electron chi connectivity index (χ2n) is 5.89. The summed E-state index contributed by atoms with van der Waals surface area (Å²) in [6.07, 6.45) is 5.47. The summed E-state index contributed by atoms with van der Waals surface area (Å²) < 4.78 is 6.73. The van der Waals surface area contributed by atoms with Crippen LogP contribution in [0.3, 0.4) is 0 Å². The van der Waals surface area contributed by atoms with Crippen LogP contribution in [0.4, 0.5) is 0 Å². The second kappa shape index (κ2) is 8.43. The number of aldehydes is 1. The molecule has 0 aliphatic rings. The van der Waals surface area contributed by atoms with Crippen LogP contribution in [0.25, 0.3) is 0 Å². The number of hydrogen-bond acceptors (Lipinski definition) is 4. The molecule has 0 aliphatic carbocycles. The summed E-state index contributed by atoms with van der Waals surface area (Å²) >= 11 is 0. The fourth-order valence-electron chi connectivity index (χ4n) is 2.65. The van der Waals surface area contributed by atoms with Crippen LogP contribution in [0.1, 0.15) is 60.0 Å². The van der Waals surface area contributed by atoms with Crippen LogP contribution in [0, 0.1) is 0 Å². The molecule has 128 valence electrons. The van der Waals surface area contributed by atoms with Crippen LogP contribution in [-0.4, -0.2) is 28.9 Å². The third kappa shape index (κ3) is 4.10. The van der Waals surface area contributed by atoms with Gasteiger partial charge in [0.1, 0.15) is 11.5 Å². The van der Waals surface area contributed by atoms with Crippen molar-refractivity contribution in [3.05, 3.63) is 53.1 Å². The van der Waals surface area contributed by atoms with Crippen molar-refractivity contribution in [2.45, 2.75) is 45.6 Å². The van der Waals surface area contributed by atoms with Gasteiger partial charge in [0.15, 0.2) is 6.29 Å². The first-order chi connectivity index (χ1) is 11.6. The van der Waals surface area contributed by atoms with Crippen molar-refractivity contribution in [2.24, 2.45) is 0 Å². The molecule has 0 radical (unpaired) electrons. The zero-order valence-electron chi connectivity index (χ0n) is 14.5. The van der Waals surface area contributed by atoms with Crippen molar-refractivity contribution in [3.63, 3.8) is 0 Å². The zero-order chi connectivity index (χ0) is 17.5. The Morgan fingerprint density at radius 2 is 2.04 bits per heavy atom. The molecule has 0 bridgehead atoms. The second-order valence-corrected chi connectivity index (χ2v) is 5.89. The molecule has 0 aliphatic heterocycles. The van der Waals surface area contributed by atoms with Gasteiger partial charge in [0.25, 0.3) is 0 Å². The van der Waals surface area contributed by atoms with Crippen LogP contribution in [0.2, 0.25) is 0 Å². The molecule has 5 nitrogen and oxygen atoms in total. The Balaban J connectivity index is 2.18. The Labute approximate surface area is 142 Å². The summed E-state index contributed by atoms with van der Waals surface area (Å²) in [5, 5.41) is 0. The normalized spacial score (nSPS) is 12.0. The van der Waals surface area contributed by atoms with Gasteiger partial charge in [0.2, 0.25) is 0 Å². The topological polar surface area (TPSA) is 61.2 Å². The number of benzene rings is 1. The molecular formula is C19H24N2O3. The molecule has 0 fully saturated rings. The summed E-state index contributed by atoms with van der Waals surface area (Å²) in [7, 11) is 1.39. The van der Waals surface area contributed by atoms with Crippen molar-refractivity contribution >= 4 is 12.3 Å². The van der Waals surface area contributed by atoms with Crippen molar-refractivity contribution < 1.29 is 14.3 Å². The summed E-state index contributed by atoms with van der Waals surface area (Å²) in [5.41, 5.74) is 2.57. The number of aryl methyl sites for hydroxylation is 1. The molecule has 0 saturated heterocycles. The molecule has 1 aromatic carbocycles. The minimum Gasteiger partial charge on any atom is -0.469 e. The van der Waals surface area contributed by atoms with E-state index in [1.54, 1.807) is 6.20 Å². The van der Waals surface area contributed by atoms with E-state index >= 15 is 0 Å². The standard InChI is InChI=1S/C19H24N2O3/c1-4-5-6-18-20-11-17(13-22)21(18)12-15-7-9-16(10-8-15)14(2)19(23)24-3/h7-11,13-14H,4-6,12H2,1-3H3. The van der Waals surface area contributed by atoms with Gasteiger partial charge in [0.05, 0.1) is 19.2 Å². The van der Waals surface area contributed by atoms with Crippen LogP contribution in [0.15, 0.2) is 30.5 Å². The van der Waals surface area contributed by atoms with Crippen molar-refractivity contribution in [1.29, 1.82) is 0 Å². The lowest BCUT2D eigenvalue weighted by Gasteiger charge is -2.12. The van der Waals surface area contributed by atoms with Crippen LogP contribution >= 0.6 is 0 Å². The van der Waals surface area contributed by atoms with Gasteiger partial charge in [-0.25, -0.2) is 4.98 Å². The summed E-state index contributed by atoms with van der Waals surface area (Å²) in [6, 6.07) is 7.82. The van der Waals surface area contributed by atoms with E-state index in [2.05, 4.69) is 11.9 Å². The lowest BCUT2D eigenvalue weighted by molar-refractivity contribution is -0.141. The zero-order valence-corrected chi connectivity index (χ0v) is 14.5. The van der Waals surface area contributed by atoms with Crippen LogP contribution in [0.5, 0.6) is 0 Å². The molecular weight excluding hydrogens is 304 g/mol. The molecule has 1 unspecified atom stereocenters. The first-order valence-electron chi connectivity index (χ1n) is 8.27. The van der Waals surface area contributed by atoms with Crippen LogP contribution < -0.4 is 0 Å². The maximum absolute atomic E-state index is 11.6. The van der Waals surface area contributed by atoms with Gasteiger partial charge in [0, 0.05) is 13.0 Å². The number of unbranched alkanes of at least 4 members (excludes halogenated alkanes) is 1. The lowest BCUT2D eigenvalue weighted by atomic mass is 10.00. The number of methoxy groups -OCH3 is 1. The molecule has 1 heterocycles. The first-order valence-corrected chi connectivity index (χ1v) is 8.27. The molecule has 1 aromatic heterocycles. The third-order valence-electron chi connectivity index (χ3n) is 4.22. The Hall–Kier alpha value is -2.43. The average molecular weight is 328 g/mol. The maximum Gasteiger partial charge on any atom is 0.312 e. The smallest absolute Gasteiger partial charge is 0.312 e. The molecule has 24 heavy (non-hydrogen) atoms. The predicted octanol–water partition coefficient (Wildman–Crippen LogP) is 3.36. The Bertz CT molecular complexity index is 689. The van der Waals surface area contributed by atoms with E-state index in [1.807, 2.05) is 35.8 Å². The van der Waals surface area contributed by atoms with E-state index in [9.17, 15) is 9.59 Å². The highest BCUT2D eigenvalue weighted by atomic mass is 16.5. The quantitative estimate of drug-likeness (QED) is 0.551. The molecule has 0 N–H and O–H groups in total. The first kappa shape index (κ1) is 17.9. The molecule has 0 amide bonds. The number of aromatic nitrogens is 2. The van der Waals surface area contributed by atoms with E-state index < -0.39 is 0 Å². The average Bonchev–Trinajstić information content (AvgIpc) is 3.00. The summed E-state index contributed by atoms with van der Waals surface area (Å²) in [4.78, 5) is 27.2. The number of rotatable bonds is 8. The van der Waals surface area contributed by atoms with Gasteiger partial charge in [-0.05, 0) is 24.5 Å². The minimum atomic E-state index is -0.289. The highest BCUT2D eigenvalue weighted by Crippen LogP contribution is 2.18. The van der Waals surface area contributed by atoms with Crippen molar-refractivity contribution in [1.82, 2.24) is 9.55 Å². The molecule has 2 rings (SSSR count). The number of nitrogens with zero attached hydrogens (tertiary/aromatic N) is 2. The van der Waals surface area contributed by atoms with E-state index in [0.717, 1.165) is 42.5 Å². The third-order valence-corrected chi connectivity index (χ3v) is 4.22. The number of carbonyl (C=O) groups excluding carboxylic acids is 2. The van der Waals surface area contributed by atoms with E-state index in [1.165, 1.54) is 7.11 Å². The summed E-state index contributed by atoms with van der Waals surface area (Å²) in [6.45, 7) is 4.55. The Morgan fingerprint density at radius 3 is 2.62 bits per heavy atom. The number of hydrogen-bond donors (Lipinski definition) is 0. The molecule has 2 aromatic rings. The number of esters is 1. The van der Waals surface area contributed by atoms with Gasteiger partial charge in [-0.15, -0.1) is 0 Å². The van der Waals surface area contributed by atoms with Gasteiger partial charge in [-0.1, -0.05) is 37.6 Å². The molecule has 0 saturated carbocycles. The predicted molar refractivity (Wildman–Crippen MR) is 92.2 cm³/mol. The van der Waals surface area contributed by atoms with Gasteiger partial charge in [-0.2, -0.15) is 0 Å². The fourth-order valence-corrected chi connectivity index (χ4v) is 2.65. The molecule has 1 atom stereocenters. The Morgan fingerprint density at radius 1 is 1.33 bits per heavy atom. The minimum absolute atomic E-state index is 0.248. The van der Waals surface area contributed by atoms with Crippen LogP contribution in [-0.2, 0) is 22.5 Å².